The molecule has 104 valence electrons. The minimum Gasteiger partial charge on any atom is -0.347 e. The summed E-state index contributed by atoms with van der Waals surface area (Å²) in [6.07, 6.45) is 1.86. The lowest BCUT2D eigenvalue weighted by Crippen LogP contribution is -2.49. The minimum atomic E-state index is -0.473. The van der Waals surface area contributed by atoms with Crippen molar-refractivity contribution in [2.45, 2.75) is 31.8 Å². The highest BCUT2D eigenvalue weighted by Crippen LogP contribution is 2.07. The zero-order valence-electron chi connectivity index (χ0n) is 11.5. The summed E-state index contributed by atoms with van der Waals surface area (Å²) in [5.74, 6) is -0.197. The van der Waals surface area contributed by atoms with Crippen molar-refractivity contribution in [1.82, 2.24) is 15.1 Å². The van der Waals surface area contributed by atoms with Crippen molar-refractivity contribution in [3.8, 4) is 0 Å². The van der Waals surface area contributed by atoms with E-state index in [9.17, 15) is 9.59 Å². The largest absolute Gasteiger partial charge is 0.347 e. The van der Waals surface area contributed by atoms with Crippen LogP contribution in [0.15, 0.2) is 0 Å². The molecule has 1 fully saturated rings. The van der Waals surface area contributed by atoms with Crippen LogP contribution >= 0.6 is 0 Å². The zero-order valence-corrected chi connectivity index (χ0v) is 11.5. The molecular weight excluding hydrogens is 232 g/mol. The quantitative estimate of drug-likeness (QED) is 0.676. The lowest BCUT2D eigenvalue weighted by molar-refractivity contribution is -0.134. The Balaban J connectivity index is 2.31. The van der Waals surface area contributed by atoms with Crippen molar-refractivity contribution < 1.29 is 9.59 Å². The van der Waals surface area contributed by atoms with Gasteiger partial charge in [0, 0.05) is 33.2 Å². The highest BCUT2D eigenvalue weighted by atomic mass is 16.2. The summed E-state index contributed by atoms with van der Waals surface area (Å²) in [4.78, 5) is 26.9. The highest BCUT2D eigenvalue weighted by Gasteiger charge is 2.21. The van der Waals surface area contributed by atoms with Gasteiger partial charge in [-0.25, -0.2) is 0 Å². The number of hydrogen-bond acceptors (Lipinski definition) is 4. The molecule has 6 nitrogen and oxygen atoms in total. The van der Waals surface area contributed by atoms with Crippen LogP contribution in [0.25, 0.3) is 0 Å². The zero-order chi connectivity index (χ0) is 13.7. The van der Waals surface area contributed by atoms with Crippen LogP contribution in [-0.4, -0.2) is 67.4 Å². The molecule has 18 heavy (non-hydrogen) atoms. The Morgan fingerprint density at radius 2 is 1.94 bits per heavy atom. The number of likely N-dealkylation sites (N-methyl/N-ethyl adjacent to an activating group) is 1. The Bertz CT molecular complexity index is 298. The van der Waals surface area contributed by atoms with Crippen molar-refractivity contribution in [3.63, 3.8) is 0 Å². The van der Waals surface area contributed by atoms with Crippen molar-refractivity contribution in [3.05, 3.63) is 0 Å². The first-order chi connectivity index (χ1) is 8.40. The molecule has 0 radical (unpaired) electrons. The summed E-state index contributed by atoms with van der Waals surface area (Å²) >= 11 is 0. The Morgan fingerprint density at radius 1 is 1.39 bits per heavy atom. The number of amides is 2. The van der Waals surface area contributed by atoms with Crippen molar-refractivity contribution in [1.29, 1.82) is 0 Å². The van der Waals surface area contributed by atoms with Gasteiger partial charge in [-0.2, -0.15) is 0 Å². The smallest absolute Gasteiger partial charge is 0.244 e. The van der Waals surface area contributed by atoms with E-state index in [0.717, 1.165) is 25.9 Å². The molecule has 1 saturated heterocycles. The number of carbonyl (C=O) groups is 2. The molecule has 0 aromatic rings. The van der Waals surface area contributed by atoms with Crippen LogP contribution in [0.4, 0.5) is 0 Å². The molecule has 1 atom stereocenters. The summed E-state index contributed by atoms with van der Waals surface area (Å²) < 4.78 is 0. The molecule has 1 aliphatic heterocycles. The van der Waals surface area contributed by atoms with E-state index in [1.807, 2.05) is 0 Å². The molecule has 1 unspecified atom stereocenters. The van der Waals surface area contributed by atoms with E-state index >= 15 is 0 Å². The Labute approximate surface area is 108 Å². The first-order valence-corrected chi connectivity index (χ1v) is 6.38. The topological polar surface area (TPSA) is 78.7 Å². The van der Waals surface area contributed by atoms with Gasteiger partial charge in [-0.3, -0.25) is 14.5 Å². The molecule has 0 saturated carbocycles. The van der Waals surface area contributed by atoms with Gasteiger partial charge in [0.1, 0.15) is 6.04 Å². The number of likely N-dealkylation sites (tertiary alicyclic amines) is 1. The van der Waals surface area contributed by atoms with Crippen molar-refractivity contribution >= 4 is 11.8 Å². The van der Waals surface area contributed by atoms with Crippen LogP contribution < -0.4 is 11.1 Å². The number of carbonyl (C=O) groups excluding carboxylic acids is 2. The first-order valence-electron chi connectivity index (χ1n) is 6.38. The molecule has 1 rings (SSSR count). The van der Waals surface area contributed by atoms with Gasteiger partial charge < -0.3 is 16.0 Å². The predicted molar refractivity (Wildman–Crippen MR) is 69.9 cm³/mol. The number of hydrogen-bond donors (Lipinski definition) is 2. The van der Waals surface area contributed by atoms with Gasteiger partial charge >= 0.3 is 0 Å². The summed E-state index contributed by atoms with van der Waals surface area (Å²) in [6, 6.07) is -0.210. The van der Waals surface area contributed by atoms with Gasteiger partial charge in [0.2, 0.25) is 11.8 Å². The molecule has 0 spiro atoms. The van der Waals surface area contributed by atoms with Gasteiger partial charge in [-0.1, -0.05) is 0 Å². The Kier molecular flexibility index (Phi) is 5.55. The molecule has 3 N–H and O–H groups in total. The molecule has 0 aliphatic carbocycles. The minimum absolute atomic E-state index is 0.0935. The van der Waals surface area contributed by atoms with E-state index in [4.69, 9.17) is 5.73 Å². The monoisotopic (exact) mass is 256 g/mol. The fraction of sp³-hybridized carbons (Fsp3) is 0.833. The highest BCUT2D eigenvalue weighted by molar-refractivity contribution is 5.87. The summed E-state index contributed by atoms with van der Waals surface area (Å²) in [7, 11) is 3.36. The third kappa shape index (κ3) is 4.62. The van der Waals surface area contributed by atoms with Crippen LogP contribution in [0.3, 0.4) is 0 Å². The maximum atomic E-state index is 11.8. The summed E-state index contributed by atoms with van der Waals surface area (Å²) in [5, 5.41) is 2.72. The standard InChI is InChI=1S/C12H24N4O2/c1-9(12(18)15(2)3)14-11(17)8-16-6-4-10(13)5-7-16/h9-10H,4-8,13H2,1-3H3,(H,14,17). The Morgan fingerprint density at radius 3 is 2.44 bits per heavy atom. The lowest BCUT2D eigenvalue weighted by atomic mass is 10.1. The van der Waals surface area contributed by atoms with E-state index in [2.05, 4.69) is 10.2 Å². The third-order valence-corrected chi connectivity index (χ3v) is 3.19. The van der Waals surface area contributed by atoms with E-state index in [0.29, 0.717) is 6.54 Å². The Hall–Kier alpha value is -1.14. The van der Waals surface area contributed by atoms with Crippen LogP contribution in [0.1, 0.15) is 19.8 Å². The summed E-state index contributed by atoms with van der Waals surface area (Å²) in [5.41, 5.74) is 5.80. The van der Waals surface area contributed by atoms with E-state index in [1.165, 1.54) is 4.90 Å². The van der Waals surface area contributed by atoms with E-state index in [-0.39, 0.29) is 17.9 Å². The number of rotatable bonds is 4. The van der Waals surface area contributed by atoms with Crippen molar-refractivity contribution in [2.24, 2.45) is 5.73 Å². The maximum absolute atomic E-state index is 11.8. The van der Waals surface area contributed by atoms with Gasteiger partial charge in [0.05, 0.1) is 6.54 Å². The van der Waals surface area contributed by atoms with Crippen molar-refractivity contribution in [2.75, 3.05) is 33.7 Å². The summed E-state index contributed by atoms with van der Waals surface area (Å²) in [6.45, 7) is 3.75. The molecular formula is C12H24N4O2. The van der Waals surface area contributed by atoms with Gasteiger partial charge in [-0.05, 0) is 19.8 Å². The fourth-order valence-electron chi connectivity index (χ4n) is 2.05. The molecule has 6 heteroatoms. The number of piperidine rings is 1. The van der Waals surface area contributed by atoms with Crippen LogP contribution in [0.2, 0.25) is 0 Å². The molecule has 1 aliphatic rings. The van der Waals surface area contributed by atoms with Gasteiger partial charge in [0.15, 0.2) is 0 Å². The third-order valence-electron chi connectivity index (χ3n) is 3.19. The second kappa shape index (κ2) is 6.70. The average Bonchev–Trinajstić information content (AvgIpc) is 2.30. The van der Waals surface area contributed by atoms with E-state index in [1.54, 1.807) is 21.0 Å². The molecule has 1 heterocycles. The van der Waals surface area contributed by atoms with Crippen LogP contribution in [0, 0.1) is 0 Å². The second-order valence-electron chi connectivity index (χ2n) is 5.14. The van der Waals surface area contributed by atoms with E-state index < -0.39 is 6.04 Å². The first kappa shape index (κ1) is 14.9. The number of nitrogens with two attached hydrogens (primary N) is 1. The van der Waals surface area contributed by atoms with Gasteiger partial charge in [-0.15, -0.1) is 0 Å². The molecule has 0 bridgehead atoms. The molecule has 0 aromatic carbocycles. The number of nitrogens with zero attached hydrogens (tertiary/aromatic N) is 2. The van der Waals surface area contributed by atoms with Crippen LogP contribution in [0.5, 0.6) is 0 Å². The normalized spacial score (nSPS) is 19.3. The maximum Gasteiger partial charge on any atom is 0.244 e. The average molecular weight is 256 g/mol. The van der Waals surface area contributed by atoms with Crippen LogP contribution in [-0.2, 0) is 9.59 Å². The lowest BCUT2D eigenvalue weighted by Gasteiger charge is -2.29. The predicted octanol–water partition coefficient (Wildman–Crippen LogP) is -0.998. The fourth-order valence-corrected chi connectivity index (χ4v) is 2.05. The molecule has 0 aromatic heterocycles. The SMILES string of the molecule is CC(NC(=O)CN1CCC(N)CC1)C(=O)N(C)C. The molecule has 2 amide bonds. The second-order valence-corrected chi connectivity index (χ2v) is 5.14. The van der Waals surface area contributed by atoms with Gasteiger partial charge in [0.25, 0.3) is 0 Å². The number of nitrogens with one attached hydrogen (secondary N) is 1.